The number of carbonyl (C=O) groups excluding carboxylic acids is 1. The predicted octanol–water partition coefficient (Wildman–Crippen LogP) is 2.97. The van der Waals surface area contributed by atoms with E-state index >= 15 is 0 Å². The Morgan fingerprint density at radius 1 is 1.29 bits per heavy atom. The second-order valence-corrected chi connectivity index (χ2v) is 6.30. The Balaban J connectivity index is 1.49. The highest BCUT2D eigenvalue weighted by Crippen LogP contribution is 2.31. The van der Waals surface area contributed by atoms with Crippen LogP contribution in [0.4, 0.5) is 4.79 Å². The molecule has 0 unspecified atom stereocenters. The molecule has 24 heavy (non-hydrogen) atoms. The van der Waals surface area contributed by atoms with Crippen LogP contribution in [0.3, 0.4) is 0 Å². The maximum atomic E-state index is 11.9. The summed E-state index contributed by atoms with van der Waals surface area (Å²) in [6.45, 7) is 3.92. The van der Waals surface area contributed by atoms with E-state index in [4.69, 9.17) is 9.05 Å². The number of aryl methyl sites for hydroxylation is 1. The Morgan fingerprint density at radius 2 is 2.08 bits per heavy atom. The lowest BCUT2D eigenvalue weighted by molar-refractivity contribution is 0.233. The topological polar surface area (TPSA) is 106 Å². The normalized spacial score (nSPS) is 16.8. The van der Waals surface area contributed by atoms with E-state index in [1.807, 2.05) is 6.92 Å². The van der Waals surface area contributed by atoms with Crippen LogP contribution >= 0.6 is 0 Å². The first-order valence-electron chi connectivity index (χ1n) is 8.42. The molecular weight excluding hydrogens is 310 g/mol. The van der Waals surface area contributed by atoms with Crippen LogP contribution in [0.2, 0.25) is 0 Å². The Morgan fingerprint density at radius 3 is 2.79 bits per heavy atom. The van der Waals surface area contributed by atoms with Gasteiger partial charge in [0.25, 0.3) is 0 Å². The largest absolute Gasteiger partial charge is 0.361 e. The Labute approximate surface area is 140 Å². The maximum Gasteiger partial charge on any atom is 0.315 e. The molecule has 1 atom stereocenters. The molecule has 0 spiro atoms. The molecule has 3 rings (SSSR count). The van der Waals surface area contributed by atoms with E-state index in [0.717, 1.165) is 18.7 Å². The molecule has 2 aromatic heterocycles. The van der Waals surface area contributed by atoms with E-state index in [1.54, 1.807) is 13.0 Å². The third kappa shape index (κ3) is 4.12. The van der Waals surface area contributed by atoms with E-state index in [-0.39, 0.29) is 12.1 Å². The fraction of sp³-hybridized carbons (Fsp3) is 0.625. The Bertz CT molecular complexity index is 675. The molecule has 0 aromatic carbocycles. The Kier molecular flexibility index (Phi) is 5.12. The van der Waals surface area contributed by atoms with Gasteiger partial charge in [0.05, 0.1) is 6.54 Å². The van der Waals surface area contributed by atoms with Gasteiger partial charge in [0.15, 0.2) is 5.82 Å². The van der Waals surface area contributed by atoms with Gasteiger partial charge in [-0.1, -0.05) is 29.6 Å². The molecule has 1 aliphatic carbocycles. The van der Waals surface area contributed by atoms with Crippen molar-refractivity contribution in [3.05, 3.63) is 29.2 Å². The van der Waals surface area contributed by atoms with Gasteiger partial charge in [-0.3, -0.25) is 0 Å². The van der Waals surface area contributed by atoms with Gasteiger partial charge in [-0.05, 0) is 26.7 Å². The highest BCUT2D eigenvalue weighted by Gasteiger charge is 2.23. The number of hydrogen-bond acceptors (Lipinski definition) is 6. The van der Waals surface area contributed by atoms with Crippen LogP contribution in [0.1, 0.15) is 74.2 Å². The molecule has 2 aromatic rings. The summed E-state index contributed by atoms with van der Waals surface area (Å²) in [5.74, 6) is 2.29. The first kappa shape index (κ1) is 16.5. The summed E-state index contributed by atoms with van der Waals surface area (Å²) >= 11 is 0. The molecule has 0 aliphatic heterocycles. The van der Waals surface area contributed by atoms with Crippen LogP contribution in [0.25, 0.3) is 0 Å². The van der Waals surface area contributed by atoms with E-state index < -0.39 is 0 Å². The summed E-state index contributed by atoms with van der Waals surface area (Å²) in [7, 11) is 0. The van der Waals surface area contributed by atoms with Crippen LogP contribution in [0.5, 0.6) is 0 Å². The minimum absolute atomic E-state index is 0.299. The monoisotopic (exact) mass is 333 g/mol. The first-order valence-corrected chi connectivity index (χ1v) is 8.42. The third-order valence-electron chi connectivity index (χ3n) is 4.25. The van der Waals surface area contributed by atoms with Gasteiger partial charge in [-0.25, -0.2) is 4.79 Å². The summed E-state index contributed by atoms with van der Waals surface area (Å²) in [5.41, 5.74) is 0.674. The van der Waals surface area contributed by atoms with Crippen LogP contribution < -0.4 is 10.6 Å². The van der Waals surface area contributed by atoms with Crippen molar-refractivity contribution in [2.75, 3.05) is 0 Å². The molecular formula is C16H23N5O3. The Hall–Kier alpha value is -2.38. The molecule has 2 amide bonds. The zero-order valence-electron chi connectivity index (χ0n) is 14.0. The minimum Gasteiger partial charge on any atom is -0.361 e. The number of nitrogens with one attached hydrogen (secondary N) is 2. The number of amides is 2. The van der Waals surface area contributed by atoms with Crippen LogP contribution in [-0.2, 0) is 6.54 Å². The molecule has 8 nitrogen and oxygen atoms in total. The molecule has 1 saturated carbocycles. The van der Waals surface area contributed by atoms with Gasteiger partial charge in [0.1, 0.15) is 17.5 Å². The number of carbonyl (C=O) groups is 1. The average molecular weight is 333 g/mol. The van der Waals surface area contributed by atoms with E-state index in [9.17, 15) is 4.79 Å². The minimum atomic E-state index is -0.353. The fourth-order valence-electron chi connectivity index (χ4n) is 2.93. The van der Waals surface area contributed by atoms with E-state index in [1.165, 1.54) is 19.3 Å². The molecule has 0 radical (unpaired) electrons. The SMILES string of the molecule is Cc1cc(CNC(=O)N[C@H](C)c2nc(C3CCCCC3)no2)no1. The number of nitrogens with zero attached hydrogens (tertiary/aromatic N) is 3. The van der Waals surface area contributed by atoms with Crippen molar-refractivity contribution in [1.82, 2.24) is 25.9 Å². The molecule has 1 fully saturated rings. The van der Waals surface area contributed by atoms with Gasteiger partial charge in [0, 0.05) is 12.0 Å². The predicted molar refractivity (Wildman–Crippen MR) is 85.2 cm³/mol. The van der Waals surface area contributed by atoms with Crippen molar-refractivity contribution in [2.24, 2.45) is 0 Å². The third-order valence-corrected chi connectivity index (χ3v) is 4.25. The summed E-state index contributed by atoms with van der Waals surface area (Å²) in [5, 5.41) is 13.4. The first-order chi connectivity index (χ1) is 11.6. The van der Waals surface area contributed by atoms with Crippen LogP contribution in [0, 0.1) is 6.92 Å². The summed E-state index contributed by atoms with van der Waals surface area (Å²) in [4.78, 5) is 16.4. The zero-order chi connectivity index (χ0) is 16.9. The van der Waals surface area contributed by atoms with Crippen LogP contribution in [0.15, 0.2) is 15.1 Å². The number of aromatic nitrogens is 3. The highest BCUT2D eigenvalue weighted by molar-refractivity contribution is 5.74. The fourth-order valence-corrected chi connectivity index (χ4v) is 2.93. The van der Waals surface area contributed by atoms with Gasteiger partial charge in [-0.2, -0.15) is 4.98 Å². The molecule has 0 bridgehead atoms. The van der Waals surface area contributed by atoms with E-state index in [2.05, 4.69) is 25.9 Å². The molecule has 2 heterocycles. The smallest absolute Gasteiger partial charge is 0.315 e. The van der Waals surface area contributed by atoms with E-state index in [0.29, 0.717) is 29.8 Å². The molecule has 0 saturated heterocycles. The number of hydrogen-bond donors (Lipinski definition) is 2. The van der Waals surface area contributed by atoms with Gasteiger partial charge >= 0.3 is 6.03 Å². The average Bonchev–Trinajstić information content (AvgIpc) is 3.23. The van der Waals surface area contributed by atoms with Crippen molar-refractivity contribution in [1.29, 1.82) is 0 Å². The lowest BCUT2D eigenvalue weighted by atomic mass is 9.89. The van der Waals surface area contributed by atoms with Crippen molar-refractivity contribution in [2.45, 2.75) is 64.5 Å². The van der Waals surface area contributed by atoms with Gasteiger partial charge < -0.3 is 19.7 Å². The molecule has 8 heteroatoms. The molecule has 1 aliphatic rings. The quantitative estimate of drug-likeness (QED) is 0.871. The van der Waals surface area contributed by atoms with Crippen molar-refractivity contribution in [3.8, 4) is 0 Å². The maximum absolute atomic E-state index is 11.9. The molecule has 130 valence electrons. The van der Waals surface area contributed by atoms with Crippen molar-refractivity contribution >= 4 is 6.03 Å². The van der Waals surface area contributed by atoms with Gasteiger partial charge in [-0.15, -0.1) is 0 Å². The van der Waals surface area contributed by atoms with Gasteiger partial charge in [0.2, 0.25) is 5.89 Å². The lowest BCUT2D eigenvalue weighted by Gasteiger charge is -2.17. The summed E-state index contributed by atoms with van der Waals surface area (Å²) in [6, 6.07) is 1.10. The van der Waals surface area contributed by atoms with Crippen LogP contribution in [-0.4, -0.2) is 21.3 Å². The number of rotatable bonds is 5. The second kappa shape index (κ2) is 7.46. The highest BCUT2D eigenvalue weighted by atomic mass is 16.5. The number of urea groups is 1. The molecule has 2 N–H and O–H groups in total. The lowest BCUT2D eigenvalue weighted by Crippen LogP contribution is -2.36. The summed E-state index contributed by atoms with van der Waals surface area (Å²) < 4.78 is 10.3. The summed E-state index contributed by atoms with van der Waals surface area (Å²) in [6.07, 6.45) is 5.93. The second-order valence-electron chi connectivity index (χ2n) is 6.30. The van der Waals surface area contributed by atoms with Crippen molar-refractivity contribution in [3.63, 3.8) is 0 Å². The van der Waals surface area contributed by atoms with Crippen molar-refractivity contribution < 1.29 is 13.8 Å². The standard InChI is InChI=1S/C16H23N5O3/c1-10-8-13(20-23-10)9-17-16(22)18-11(2)15-19-14(21-24-15)12-6-4-3-5-7-12/h8,11-12H,3-7,9H2,1-2H3,(H2,17,18,22)/t11-/m1/s1. The zero-order valence-corrected chi connectivity index (χ0v) is 14.0.